The van der Waals surface area contributed by atoms with Crippen LogP contribution in [0.3, 0.4) is 0 Å². The lowest BCUT2D eigenvalue weighted by Gasteiger charge is -2.14. The van der Waals surface area contributed by atoms with Crippen LogP contribution in [0.2, 0.25) is 0 Å². The third-order valence-electron chi connectivity index (χ3n) is 4.04. The fourth-order valence-corrected chi connectivity index (χ4v) is 2.78. The molecule has 23 heavy (non-hydrogen) atoms. The number of carbonyl (C=O) groups excluding carboxylic acids is 1. The second-order valence-corrected chi connectivity index (χ2v) is 5.80. The van der Waals surface area contributed by atoms with Gasteiger partial charge < -0.3 is 5.32 Å². The van der Waals surface area contributed by atoms with Crippen LogP contribution in [0.5, 0.6) is 0 Å². The zero-order valence-electron chi connectivity index (χ0n) is 13.7. The molecule has 0 aliphatic heterocycles. The minimum atomic E-state index is -0.0868. The van der Waals surface area contributed by atoms with Gasteiger partial charge in [0.15, 0.2) is 0 Å². The molecule has 0 spiro atoms. The number of aromatic nitrogens is 2. The monoisotopic (exact) mass is 307 g/mol. The zero-order valence-corrected chi connectivity index (χ0v) is 13.7. The minimum Gasteiger partial charge on any atom is -0.344 e. The summed E-state index contributed by atoms with van der Waals surface area (Å²) in [5.41, 5.74) is 4.46. The molecule has 1 amide bonds. The Hall–Kier alpha value is -2.62. The first-order valence-corrected chi connectivity index (χ1v) is 7.93. The largest absolute Gasteiger partial charge is 0.344 e. The maximum Gasteiger partial charge on any atom is 0.270 e. The number of fused-ring (bicyclic) bond motifs is 1. The lowest BCUT2D eigenvalue weighted by atomic mass is 10.1. The number of nitrogens with zero attached hydrogens (tertiary/aromatic N) is 2. The van der Waals surface area contributed by atoms with Gasteiger partial charge in [-0.15, -0.1) is 0 Å². The number of benzene rings is 1. The van der Waals surface area contributed by atoms with E-state index in [9.17, 15) is 4.79 Å². The SMILES string of the molecule is CCc1nc2ccc(C)cn2c1C(=O)NC(C)c1ccccc1. The molecule has 0 saturated carbocycles. The molecule has 0 saturated heterocycles. The summed E-state index contributed by atoms with van der Waals surface area (Å²) in [6, 6.07) is 13.9. The first-order chi connectivity index (χ1) is 11.1. The van der Waals surface area contributed by atoms with Crippen molar-refractivity contribution in [1.82, 2.24) is 14.7 Å². The lowest BCUT2D eigenvalue weighted by molar-refractivity contribution is 0.0933. The van der Waals surface area contributed by atoms with E-state index in [-0.39, 0.29) is 11.9 Å². The van der Waals surface area contributed by atoms with E-state index in [0.29, 0.717) is 5.69 Å². The molecule has 1 unspecified atom stereocenters. The number of carbonyl (C=O) groups is 1. The maximum atomic E-state index is 12.8. The topological polar surface area (TPSA) is 46.4 Å². The van der Waals surface area contributed by atoms with Crippen LogP contribution in [-0.4, -0.2) is 15.3 Å². The summed E-state index contributed by atoms with van der Waals surface area (Å²) >= 11 is 0. The van der Waals surface area contributed by atoms with Crippen molar-refractivity contribution >= 4 is 11.6 Å². The van der Waals surface area contributed by atoms with E-state index in [4.69, 9.17) is 0 Å². The molecule has 0 radical (unpaired) electrons. The van der Waals surface area contributed by atoms with Crippen LogP contribution in [0.4, 0.5) is 0 Å². The predicted molar refractivity (Wildman–Crippen MR) is 91.6 cm³/mol. The molecule has 1 N–H and O–H groups in total. The van der Waals surface area contributed by atoms with Gasteiger partial charge in [0.25, 0.3) is 5.91 Å². The molecule has 0 fully saturated rings. The average Bonchev–Trinajstić information content (AvgIpc) is 2.93. The van der Waals surface area contributed by atoms with E-state index in [1.54, 1.807) is 0 Å². The number of amides is 1. The number of hydrogen-bond donors (Lipinski definition) is 1. The van der Waals surface area contributed by atoms with Crippen LogP contribution in [-0.2, 0) is 6.42 Å². The number of imidazole rings is 1. The van der Waals surface area contributed by atoms with Crippen molar-refractivity contribution in [3.63, 3.8) is 0 Å². The molecule has 1 aromatic carbocycles. The van der Waals surface area contributed by atoms with Crippen LogP contribution < -0.4 is 5.32 Å². The normalized spacial score (nSPS) is 12.3. The van der Waals surface area contributed by atoms with E-state index in [2.05, 4.69) is 10.3 Å². The molecule has 2 aromatic heterocycles. The van der Waals surface area contributed by atoms with Gasteiger partial charge in [0, 0.05) is 6.20 Å². The maximum absolute atomic E-state index is 12.8. The molecule has 1 atom stereocenters. The number of aryl methyl sites for hydroxylation is 2. The Morgan fingerprint density at radius 3 is 2.65 bits per heavy atom. The van der Waals surface area contributed by atoms with E-state index >= 15 is 0 Å². The second-order valence-electron chi connectivity index (χ2n) is 5.80. The van der Waals surface area contributed by atoms with Gasteiger partial charge in [0.05, 0.1) is 11.7 Å². The summed E-state index contributed by atoms with van der Waals surface area (Å²) in [6.07, 6.45) is 2.69. The van der Waals surface area contributed by atoms with Gasteiger partial charge in [-0.25, -0.2) is 4.98 Å². The Morgan fingerprint density at radius 1 is 1.22 bits per heavy atom. The Kier molecular flexibility index (Phi) is 4.15. The van der Waals surface area contributed by atoms with Crippen LogP contribution in [0.15, 0.2) is 48.7 Å². The summed E-state index contributed by atoms with van der Waals surface area (Å²) in [4.78, 5) is 17.4. The van der Waals surface area contributed by atoms with Gasteiger partial charge in [0.1, 0.15) is 11.3 Å². The first kappa shape index (κ1) is 15.3. The van der Waals surface area contributed by atoms with Crippen LogP contribution >= 0.6 is 0 Å². The Bertz CT molecular complexity index is 836. The van der Waals surface area contributed by atoms with Crippen LogP contribution in [0.25, 0.3) is 5.65 Å². The van der Waals surface area contributed by atoms with Gasteiger partial charge in [-0.1, -0.05) is 43.3 Å². The van der Waals surface area contributed by atoms with Crippen molar-refractivity contribution in [2.75, 3.05) is 0 Å². The van der Waals surface area contributed by atoms with Gasteiger partial charge in [-0.2, -0.15) is 0 Å². The minimum absolute atomic E-state index is 0.0521. The van der Waals surface area contributed by atoms with Crippen molar-refractivity contribution in [2.45, 2.75) is 33.2 Å². The average molecular weight is 307 g/mol. The van der Waals surface area contributed by atoms with Crippen LogP contribution in [0.1, 0.15) is 47.2 Å². The lowest BCUT2D eigenvalue weighted by Crippen LogP contribution is -2.28. The number of nitrogens with one attached hydrogen (secondary N) is 1. The quantitative estimate of drug-likeness (QED) is 0.799. The summed E-state index contributed by atoms with van der Waals surface area (Å²) in [6.45, 7) is 6.03. The van der Waals surface area contributed by atoms with Crippen molar-refractivity contribution in [1.29, 1.82) is 0 Å². The van der Waals surface area contributed by atoms with Gasteiger partial charge in [0.2, 0.25) is 0 Å². The van der Waals surface area contributed by atoms with Crippen LogP contribution in [0, 0.1) is 6.92 Å². The van der Waals surface area contributed by atoms with Gasteiger partial charge in [-0.05, 0) is 37.5 Å². The highest BCUT2D eigenvalue weighted by Gasteiger charge is 2.20. The van der Waals surface area contributed by atoms with E-state index in [1.807, 2.05) is 73.8 Å². The zero-order chi connectivity index (χ0) is 16.4. The predicted octanol–water partition coefficient (Wildman–Crippen LogP) is 3.70. The second kappa shape index (κ2) is 6.24. The smallest absolute Gasteiger partial charge is 0.270 e. The fourth-order valence-electron chi connectivity index (χ4n) is 2.78. The summed E-state index contributed by atoms with van der Waals surface area (Å²) < 4.78 is 1.89. The highest BCUT2D eigenvalue weighted by Crippen LogP contribution is 2.17. The molecule has 3 rings (SSSR count). The number of hydrogen-bond acceptors (Lipinski definition) is 2. The Morgan fingerprint density at radius 2 is 1.96 bits per heavy atom. The number of rotatable bonds is 4. The van der Waals surface area contributed by atoms with Crippen molar-refractivity contribution in [3.05, 3.63) is 71.2 Å². The molecular weight excluding hydrogens is 286 g/mol. The molecular formula is C19H21N3O. The Labute approximate surface area is 136 Å². The standard InChI is InChI=1S/C19H21N3O/c1-4-16-18(22-12-13(2)10-11-17(22)21-16)19(23)20-14(3)15-8-6-5-7-9-15/h5-12,14H,4H2,1-3H3,(H,20,23). The van der Waals surface area contributed by atoms with Gasteiger partial charge >= 0.3 is 0 Å². The summed E-state index contributed by atoms with van der Waals surface area (Å²) in [5, 5.41) is 3.09. The molecule has 118 valence electrons. The van der Waals surface area contributed by atoms with Gasteiger partial charge in [-0.3, -0.25) is 9.20 Å². The highest BCUT2D eigenvalue weighted by molar-refractivity contribution is 5.95. The third kappa shape index (κ3) is 2.97. The van der Waals surface area contributed by atoms with E-state index < -0.39 is 0 Å². The molecule has 4 nitrogen and oxygen atoms in total. The third-order valence-corrected chi connectivity index (χ3v) is 4.04. The first-order valence-electron chi connectivity index (χ1n) is 7.93. The number of pyridine rings is 1. The molecule has 4 heteroatoms. The molecule has 0 bridgehead atoms. The van der Waals surface area contributed by atoms with Crippen molar-refractivity contribution in [2.24, 2.45) is 0 Å². The molecule has 2 heterocycles. The van der Waals surface area contributed by atoms with Crippen molar-refractivity contribution in [3.8, 4) is 0 Å². The van der Waals surface area contributed by atoms with E-state index in [0.717, 1.165) is 28.9 Å². The summed E-state index contributed by atoms with van der Waals surface area (Å²) in [5.74, 6) is -0.0868. The molecule has 0 aliphatic rings. The fraction of sp³-hybridized carbons (Fsp3) is 0.263. The molecule has 3 aromatic rings. The van der Waals surface area contributed by atoms with E-state index in [1.165, 1.54) is 0 Å². The van der Waals surface area contributed by atoms with Crippen molar-refractivity contribution < 1.29 is 4.79 Å². The Balaban J connectivity index is 1.95. The summed E-state index contributed by atoms with van der Waals surface area (Å²) in [7, 11) is 0. The molecule has 0 aliphatic carbocycles. The highest BCUT2D eigenvalue weighted by atomic mass is 16.2.